The van der Waals surface area contributed by atoms with Gasteiger partial charge in [0.2, 0.25) is 0 Å². The zero-order chi connectivity index (χ0) is 27.1. The molecule has 0 atom stereocenters. The third-order valence-electron chi connectivity index (χ3n) is 7.06. The van der Waals surface area contributed by atoms with Gasteiger partial charge in [0.1, 0.15) is 5.71 Å². The summed E-state index contributed by atoms with van der Waals surface area (Å²) in [5, 5.41) is 4.76. The molecule has 0 amide bonds. The maximum atomic E-state index is 13.6. The van der Waals surface area contributed by atoms with E-state index < -0.39 is 0 Å². The van der Waals surface area contributed by atoms with Gasteiger partial charge in [0.05, 0.1) is 17.1 Å². The van der Waals surface area contributed by atoms with Gasteiger partial charge in [0.15, 0.2) is 5.82 Å². The minimum absolute atomic E-state index is 0.0416. The number of hydrogen-bond acceptors (Lipinski definition) is 5. The first-order valence-electron chi connectivity index (χ1n) is 14.4. The minimum Gasteiger partial charge on any atom is -0.372 e. The molecule has 2 aromatic rings. The molecule has 2 heterocycles. The van der Waals surface area contributed by atoms with Crippen molar-refractivity contribution in [3.05, 3.63) is 51.2 Å². The summed E-state index contributed by atoms with van der Waals surface area (Å²) in [4.78, 5) is 26.2. The molecule has 0 bridgehead atoms. The molecule has 3 rings (SSSR count). The highest BCUT2D eigenvalue weighted by Gasteiger charge is 2.30. The highest BCUT2D eigenvalue weighted by atomic mass is 16.1. The van der Waals surface area contributed by atoms with Gasteiger partial charge in [-0.25, -0.2) is 9.98 Å². The summed E-state index contributed by atoms with van der Waals surface area (Å²) in [5.74, 6) is 0.862. The standard InChI is InChI=1S/C31H47N5O/c1-9-12-15-25-27(21(4)5)33-30-29(28(22(6)7)34-36(30)31(25)37)32-26-17-16-24(20-23(26)8)35(18-13-10-2)19-14-11-3/h16-17,20-22H,9-15,18-19H2,1-8H3. The van der Waals surface area contributed by atoms with Crippen LogP contribution in [0.2, 0.25) is 0 Å². The number of aliphatic imine (C=N–C) groups is 1. The van der Waals surface area contributed by atoms with Crippen molar-refractivity contribution in [2.24, 2.45) is 16.0 Å². The molecule has 0 fully saturated rings. The normalized spacial score (nSPS) is 14.1. The van der Waals surface area contributed by atoms with Crippen molar-refractivity contribution < 1.29 is 0 Å². The fraction of sp³-hybridized carbons (Fsp3) is 0.613. The summed E-state index contributed by atoms with van der Waals surface area (Å²) in [6, 6.07) is 6.55. The number of fused-ring (bicyclic) bond motifs is 1. The molecule has 0 N–H and O–H groups in total. The van der Waals surface area contributed by atoms with Gasteiger partial charge in [-0.15, -0.1) is 0 Å². The summed E-state index contributed by atoms with van der Waals surface area (Å²) < 4.78 is 1.51. The Morgan fingerprint density at radius 1 is 0.946 bits per heavy atom. The van der Waals surface area contributed by atoms with E-state index >= 15 is 0 Å². The van der Waals surface area contributed by atoms with E-state index in [0.29, 0.717) is 5.82 Å². The van der Waals surface area contributed by atoms with E-state index in [2.05, 4.69) is 78.5 Å². The van der Waals surface area contributed by atoms with Crippen LogP contribution in [0.3, 0.4) is 0 Å². The molecule has 6 nitrogen and oxygen atoms in total. The lowest BCUT2D eigenvalue weighted by molar-refractivity contribution is 0.678. The van der Waals surface area contributed by atoms with Crippen molar-refractivity contribution in [1.82, 2.24) is 9.66 Å². The molecule has 37 heavy (non-hydrogen) atoms. The van der Waals surface area contributed by atoms with E-state index in [1.54, 1.807) is 0 Å². The van der Waals surface area contributed by atoms with Crippen LogP contribution in [0.15, 0.2) is 33.1 Å². The van der Waals surface area contributed by atoms with Crippen molar-refractivity contribution in [1.29, 1.82) is 0 Å². The zero-order valence-corrected chi connectivity index (χ0v) is 24.4. The predicted molar refractivity (Wildman–Crippen MR) is 158 cm³/mol. The van der Waals surface area contributed by atoms with E-state index in [4.69, 9.17) is 15.1 Å². The lowest BCUT2D eigenvalue weighted by Crippen LogP contribution is -2.28. The van der Waals surface area contributed by atoms with Crippen molar-refractivity contribution in [2.75, 3.05) is 18.0 Å². The van der Waals surface area contributed by atoms with Gasteiger partial charge in [-0.2, -0.15) is 9.78 Å². The van der Waals surface area contributed by atoms with E-state index in [0.717, 1.165) is 66.3 Å². The summed E-state index contributed by atoms with van der Waals surface area (Å²) >= 11 is 0. The molecule has 1 aliphatic heterocycles. The maximum Gasteiger partial charge on any atom is 0.277 e. The Balaban J connectivity index is 2.09. The number of anilines is 1. The second kappa shape index (κ2) is 13.2. The smallest absolute Gasteiger partial charge is 0.277 e. The Kier molecular flexibility index (Phi) is 10.2. The third-order valence-corrected chi connectivity index (χ3v) is 7.06. The average molecular weight is 506 g/mol. The van der Waals surface area contributed by atoms with Gasteiger partial charge in [-0.3, -0.25) is 4.79 Å². The fourth-order valence-corrected chi connectivity index (χ4v) is 4.79. The monoisotopic (exact) mass is 505 g/mol. The lowest BCUT2D eigenvalue weighted by atomic mass is 9.99. The Morgan fingerprint density at radius 2 is 1.59 bits per heavy atom. The van der Waals surface area contributed by atoms with Gasteiger partial charge in [0.25, 0.3) is 5.56 Å². The van der Waals surface area contributed by atoms with Gasteiger partial charge >= 0.3 is 0 Å². The van der Waals surface area contributed by atoms with Crippen LogP contribution in [-0.2, 0) is 6.42 Å². The third kappa shape index (κ3) is 6.58. The molecule has 0 saturated heterocycles. The highest BCUT2D eigenvalue weighted by Crippen LogP contribution is 2.28. The number of nitrogens with zero attached hydrogens (tertiary/aromatic N) is 5. The first-order chi connectivity index (χ1) is 17.7. The molecule has 0 spiro atoms. The number of hydrogen-bond donors (Lipinski definition) is 0. The number of aryl methyl sites for hydroxylation is 1. The molecule has 0 aliphatic carbocycles. The van der Waals surface area contributed by atoms with Crippen LogP contribution in [0, 0.1) is 12.8 Å². The van der Waals surface area contributed by atoms with Crippen LogP contribution in [0.1, 0.15) is 116 Å². The van der Waals surface area contributed by atoms with Crippen molar-refractivity contribution in [3.8, 4) is 0 Å². The molecule has 202 valence electrons. The maximum absolute atomic E-state index is 13.6. The van der Waals surface area contributed by atoms with E-state index in [-0.39, 0.29) is 17.4 Å². The Hall–Kier alpha value is -2.76. The second-order valence-corrected chi connectivity index (χ2v) is 10.9. The fourth-order valence-electron chi connectivity index (χ4n) is 4.79. The summed E-state index contributed by atoms with van der Waals surface area (Å²) in [5.41, 5.74) is 6.46. The molecule has 1 aromatic carbocycles. The molecule has 6 heteroatoms. The Labute approximate surface area is 223 Å². The average Bonchev–Trinajstić information content (AvgIpc) is 3.23. The van der Waals surface area contributed by atoms with Crippen LogP contribution in [-0.4, -0.2) is 34.2 Å². The first kappa shape index (κ1) is 28.8. The Bertz CT molecular complexity index is 1180. The van der Waals surface area contributed by atoms with Crippen LogP contribution >= 0.6 is 0 Å². The zero-order valence-electron chi connectivity index (χ0n) is 24.4. The van der Waals surface area contributed by atoms with Gasteiger partial charge in [-0.05, 0) is 68.2 Å². The topological polar surface area (TPSA) is 62.9 Å². The quantitative estimate of drug-likeness (QED) is 0.284. The highest BCUT2D eigenvalue weighted by molar-refractivity contribution is 6.49. The Morgan fingerprint density at radius 3 is 2.14 bits per heavy atom. The van der Waals surface area contributed by atoms with Crippen LogP contribution in [0.5, 0.6) is 0 Å². The van der Waals surface area contributed by atoms with Gasteiger partial charge < -0.3 is 4.90 Å². The molecular formula is C31H47N5O. The van der Waals surface area contributed by atoms with E-state index in [1.807, 2.05) is 0 Å². The summed E-state index contributed by atoms with van der Waals surface area (Å²) in [6.07, 6.45) is 7.51. The second-order valence-electron chi connectivity index (χ2n) is 10.9. The summed E-state index contributed by atoms with van der Waals surface area (Å²) in [7, 11) is 0. The minimum atomic E-state index is -0.0416. The lowest BCUT2D eigenvalue weighted by Gasteiger charge is -2.25. The molecule has 1 aliphatic rings. The SMILES string of the molecule is CCCCc1c(C(C)C)nc2n(c1=O)N=C(C(C)C)C2=Nc1ccc(N(CCCC)CCCC)cc1C. The molecule has 0 saturated carbocycles. The summed E-state index contributed by atoms with van der Waals surface area (Å²) in [6.45, 7) is 19.3. The largest absolute Gasteiger partial charge is 0.372 e. The van der Waals surface area contributed by atoms with Crippen molar-refractivity contribution in [2.45, 2.75) is 106 Å². The number of unbranched alkanes of at least 4 members (excludes halogenated alkanes) is 3. The molecule has 0 unspecified atom stereocenters. The van der Waals surface area contributed by atoms with Crippen molar-refractivity contribution >= 4 is 22.8 Å². The van der Waals surface area contributed by atoms with E-state index in [1.165, 1.54) is 36.0 Å². The number of benzene rings is 1. The number of aromatic nitrogens is 2. The molecule has 1 aromatic heterocycles. The van der Waals surface area contributed by atoms with Crippen molar-refractivity contribution in [3.63, 3.8) is 0 Å². The van der Waals surface area contributed by atoms with Crippen LogP contribution in [0.25, 0.3) is 0 Å². The van der Waals surface area contributed by atoms with Crippen LogP contribution < -0.4 is 10.5 Å². The first-order valence-corrected chi connectivity index (χ1v) is 14.4. The van der Waals surface area contributed by atoms with Crippen LogP contribution in [0.4, 0.5) is 11.4 Å². The molecular weight excluding hydrogens is 458 g/mol. The predicted octanol–water partition coefficient (Wildman–Crippen LogP) is 7.42. The number of rotatable bonds is 13. The molecule has 0 radical (unpaired) electrons. The van der Waals surface area contributed by atoms with Gasteiger partial charge in [-0.1, -0.05) is 67.7 Å². The van der Waals surface area contributed by atoms with E-state index in [9.17, 15) is 4.79 Å². The van der Waals surface area contributed by atoms with Gasteiger partial charge in [0, 0.05) is 24.3 Å².